The molecule has 3 aromatic rings. The number of fused-ring (bicyclic) bond motifs is 1. The smallest absolute Gasteiger partial charge is 0.251 e. The molecule has 2 amide bonds. The Balaban J connectivity index is 1.59. The van der Waals surface area contributed by atoms with E-state index in [4.69, 9.17) is 0 Å². The molecule has 0 unspecified atom stereocenters. The topological polar surface area (TPSA) is 57.9 Å². The first-order valence-corrected chi connectivity index (χ1v) is 9.39. The fraction of sp³-hybridized carbons (Fsp3) is 0.227. The molecule has 0 N–H and O–H groups in total. The molecule has 1 saturated heterocycles. The third-order valence-electron chi connectivity index (χ3n) is 5.13. The maximum absolute atomic E-state index is 13.3. The second-order valence-corrected chi connectivity index (χ2v) is 6.83. The molecule has 0 saturated carbocycles. The minimum Gasteiger partial charge on any atom is -0.325 e. The summed E-state index contributed by atoms with van der Waals surface area (Å²) in [7, 11) is 0. The Kier molecular flexibility index (Phi) is 4.93. The maximum atomic E-state index is 13.3. The number of pyridine rings is 1. The lowest BCUT2D eigenvalue weighted by molar-refractivity contribution is -0.138. The van der Waals surface area contributed by atoms with E-state index in [1.54, 1.807) is 9.80 Å². The van der Waals surface area contributed by atoms with Crippen molar-refractivity contribution < 1.29 is 9.59 Å². The van der Waals surface area contributed by atoms with Crippen molar-refractivity contribution in [2.75, 3.05) is 18.0 Å². The van der Waals surface area contributed by atoms with Gasteiger partial charge in [-0.2, -0.15) is 0 Å². The summed E-state index contributed by atoms with van der Waals surface area (Å²) >= 11 is 0. The first-order chi connectivity index (χ1) is 13.7. The predicted octanol–water partition coefficient (Wildman–Crippen LogP) is 2.70. The Morgan fingerprint density at radius 1 is 1.14 bits per heavy atom. The highest BCUT2D eigenvalue weighted by Gasteiger charge is 2.37. The van der Waals surface area contributed by atoms with Gasteiger partial charge in [0.25, 0.3) is 5.91 Å². The lowest BCUT2D eigenvalue weighted by Gasteiger charge is -2.39. The van der Waals surface area contributed by atoms with Gasteiger partial charge < -0.3 is 9.30 Å². The molecule has 0 bridgehead atoms. The van der Waals surface area contributed by atoms with Crippen LogP contribution >= 0.6 is 0 Å². The molecule has 1 atom stereocenters. The minimum absolute atomic E-state index is 0.0965. The molecule has 6 nitrogen and oxygen atoms in total. The third-order valence-corrected chi connectivity index (χ3v) is 5.13. The highest BCUT2D eigenvalue weighted by Crippen LogP contribution is 2.23. The molecule has 1 aromatic carbocycles. The van der Waals surface area contributed by atoms with E-state index in [1.807, 2.05) is 65.3 Å². The van der Waals surface area contributed by atoms with Crippen molar-refractivity contribution in [3.63, 3.8) is 0 Å². The number of rotatable bonds is 5. The molecule has 142 valence electrons. The summed E-state index contributed by atoms with van der Waals surface area (Å²) in [5.41, 5.74) is 1.93. The van der Waals surface area contributed by atoms with Crippen molar-refractivity contribution >= 4 is 23.3 Å². The monoisotopic (exact) mass is 374 g/mol. The van der Waals surface area contributed by atoms with Crippen LogP contribution in [-0.4, -0.2) is 45.2 Å². The van der Waals surface area contributed by atoms with Crippen molar-refractivity contribution in [2.45, 2.75) is 18.9 Å². The van der Waals surface area contributed by atoms with Gasteiger partial charge in [0, 0.05) is 19.3 Å². The van der Waals surface area contributed by atoms with E-state index in [1.165, 1.54) is 6.08 Å². The lowest BCUT2D eigenvalue weighted by atomic mass is 10.0. The summed E-state index contributed by atoms with van der Waals surface area (Å²) in [6.07, 6.45) is 6.32. The third kappa shape index (κ3) is 3.41. The number of carbonyl (C=O) groups is 2. The van der Waals surface area contributed by atoms with Crippen LogP contribution in [0.2, 0.25) is 0 Å². The van der Waals surface area contributed by atoms with Gasteiger partial charge in [-0.3, -0.25) is 14.5 Å². The zero-order valence-corrected chi connectivity index (χ0v) is 15.6. The van der Waals surface area contributed by atoms with Gasteiger partial charge >= 0.3 is 0 Å². The van der Waals surface area contributed by atoms with Gasteiger partial charge in [-0.05, 0) is 36.6 Å². The first-order valence-electron chi connectivity index (χ1n) is 9.39. The van der Waals surface area contributed by atoms with E-state index in [0.717, 1.165) is 17.6 Å². The van der Waals surface area contributed by atoms with Crippen LogP contribution in [0.1, 0.15) is 12.0 Å². The van der Waals surface area contributed by atoms with Gasteiger partial charge in [-0.15, -0.1) is 0 Å². The number of anilines is 1. The summed E-state index contributed by atoms with van der Waals surface area (Å²) in [4.78, 5) is 33.5. The molecule has 2 aromatic heterocycles. The second kappa shape index (κ2) is 7.68. The van der Waals surface area contributed by atoms with Crippen LogP contribution in [0, 0.1) is 0 Å². The van der Waals surface area contributed by atoms with E-state index in [0.29, 0.717) is 25.3 Å². The maximum Gasteiger partial charge on any atom is 0.251 e. The van der Waals surface area contributed by atoms with Crippen LogP contribution < -0.4 is 4.90 Å². The Labute approximate surface area is 163 Å². The van der Waals surface area contributed by atoms with Gasteiger partial charge in [0.05, 0.1) is 6.20 Å². The van der Waals surface area contributed by atoms with E-state index in [-0.39, 0.29) is 11.8 Å². The van der Waals surface area contributed by atoms with Crippen LogP contribution in [-0.2, 0) is 16.0 Å². The van der Waals surface area contributed by atoms with Crippen molar-refractivity contribution in [3.8, 4) is 0 Å². The number of hydrogen-bond donors (Lipinski definition) is 0. The molecule has 1 fully saturated rings. The van der Waals surface area contributed by atoms with E-state index in [9.17, 15) is 9.59 Å². The average molecular weight is 374 g/mol. The SMILES string of the molecule is C=CC(=O)N1CCN(c2cn3ccccc3n2)C(=O)[C@@H]1CCc1ccccc1. The molecule has 0 spiro atoms. The zero-order valence-electron chi connectivity index (χ0n) is 15.6. The molecular formula is C22H22N4O2. The molecule has 28 heavy (non-hydrogen) atoms. The number of imidazole rings is 1. The van der Waals surface area contributed by atoms with Gasteiger partial charge in [0.2, 0.25) is 5.91 Å². The van der Waals surface area contributed by atoms with E-state index in [2.05, 4.69) is 11.6 Å². The van der Waals surface area contributed by atoms with Crippen LogP contribution in [0.4, 0.5) is 5.82 Å². The van der Waals surface area contributed by atoms with Crippen LogP contribution in [0.3, 0.4) is 0 Å². The molecule has 1 aliphatic heterocycles. The standard InChI is InChI=1S/C22H22N4O2/c1-2-21(27)25-14-15-26(20-16-24-13-7-6-10-19(24)23-20)22(28)18(25)12-11-17-8-4-3-5-9-17/h2-10,13,16,18H,1,11-12,14-15H2/t18-/m0/s1. The highest BCUT2D eigenvalue weighted by molar-refractivity contribution is 6.01. The number of amides is 2. The molecule has 4 rings (SSSR count). The summed E-state index contributed by atoms with van der Waals surface area (Å²) in [5, 5.41) is 0. The Bertz CT molecular complexity index is 979. The average Bonchev–Trinajstić information content (AvgIpc) is 3.16. The van der Waals surface area contributed by atoms with Crippen LogP contribution in [0.5, 0.6) is 0 Å². The number of nitrogens with zero attached hydrogens (tertiary/aromatic N) is 4. The van der Waals surface area contributed by atoms with Crippen molar-refractivity contribution in [2.24, 2.45) is 0 Å². The Hall–Kier alpha value is -3.41. The number of carbonyl (C=O) groups excluding carboxylic acids is 2. The van der Waals surface area contributed by atoms with Gasteiger partial charge in [-0.1, -0.05) is 43.0 Å². The largest absolute Gasteiger partial charge is 0.325 e. The second-order valence-electron chi connectivity index (χ2n) is 6.83. The van der Waals surface area contributed by atoms with Gasteiger partial charge in [-0.25, -0.2) is 4.98 Å². The number of benzene rings is 1. The van der Waals surface area contributed by atoms with Crippen molar-refractivity contribution in [1.29, 1.82) is 0 Å². The molecule has 1 aliphatic rings. The molecular weight excluding hydrogens is 352 g/mol. The van der Waals surface area contributed by atoms with Crippen molar-refractivity contribution in [3.05, 3.63) is 79.1 Å². The Morgan fingerprint density at radius 3 is 2.68 bits per heavy atom. The fourth-order valence-electron chi connectivity index (χ4n) is 3.67. The van der Waals surface area contributed by atoms with Gasteiger partial charge in [0.15, 0.2) is 5.82 Å². The highest BCUT2D eigenvalue weighted by atomic mass is 16.2. The lowest BCUT2D eigenvalue weighted by Crippen LogP contribution is -2.58. The zero-order chi connectivity index (χ0) is 19.5. The Morgan fingerprint density at radius 2 is 1.93 bits per heavy atom. The summed E-state index contributed by atoms with van der Waals surface area (Å²) < 4.78 is 1.89. The molecule has 6 heteroatoms. The molecule has 3 heterocycles. The van der Waals surface area contributed by atoms with E-state index < -0.39 is 6.04 Å². The minimum atomic E-state index is -0.524. The number of aromatic nitrogens is 2. The normalized spacial score (nSPS) is 17.1. The molecule has 0 radical (unpaired) electrons. The fourth-order valence-corrected chi connectivity index (χ4v) is 3.67. The van der Waals surface area contributed by atoms with Crippen LogP contribution in [0.15, 0.2) is 73.6 Å². The van der Waals surface area contributed by atoms with Crippen LogP contribution in [0.25, 0.3) is 5.65 Å². The van der Waals surface area contributed by atoms with E-state index >= 15 is 0 Å². The number of hydrogen-bond acceptors (Lipinski definition) is 3. The summed E-state index contributed by atoms with van der Waals surface area (Å²) in [6, 6.07) is 15.2. The quantitative estimate of drug-likeness (QED) is 0.645. The number of piperazine rings is 1. The first kappa shape index (κ1) is 18.0. The number of aryl methyl sites for hydroxylation is 1. The van der Waals surface area contributed by atoms with Crippen molar-refractivity contribution in [1.82, 2.24) is 14.3 Å². The van der Waals surface area contributed by atoms with Gasteiger partial charge in [0.1, 0.15) is 11.7 Å². The molecule has 0 aliphatic carbocycles. The summed E-state index contributed by atoms with van der Waals surface area (Å²) in [6.45, 7) is 4.47. The summed E-state index contributed by atoms with van der Waals surface area (Å²) in [5.74, 6) is 0.313. The predicted molar refractivity (Wildman–Crippen MR) is 108 cm³/mol.